The zero-order valence-corrected chi connectivity index (χ0v) is 19.1. The predicted molar refractivity (Wildman–Crippen MR) is 120 cm³/mol. The van der Waals surface area contributed by atoms with Crippen molar-refractivity contribution in [1.29, 1.82) is 0 Å². The van der Waals surface area contributed by atoms with Crippen molar-refractivity contribution < 1.29 is 13.2 Å². The average Bonchev–Trinajstić information content (AvgIpc) is 2.75. The number of nitrogens with one attached hydrogen (secondary N) is 2. The van der Waals surface area contributed by atoms with Crippen molar-refractivity contribution >= 4 is 16.0 Å². The first-order chi connectivity index (χ1) is 14.5. The molecule has 30 heavy (non-hydrogen) atoms. The van der Waals surface area contributed by atoms with E-state index >= 15 is 0 Å². The Morgan fingerprint density at radius 3 is 2.50 bits per heavy atom. The maximum Gasteiger partial charge on any atom is 0.243 e. The summed E-state index contributed by atoms with van der Waals surface area (Å²) in [7, 11) is 0.0213. The van der Waals surface area contributed by atoms with Crippen LogP contribution in [0.15, 0.2) is 34.2 Å². The lowest BCUT2D eigenvalue weighted by Crippen LogP contribution is -2.46. The van der Waals surface area contributed by atoms with Crippen LogP contribution in [-0.2, 0) is 21.3 Å². The molecule has 1 aromatic carbocycles. The summed E-state index contributed by atoms with van der Waals surface area (Å²) in [6.45, 7) is 3.25. The summed E-state index contributed by atoms with van der Waals surface area (Å²) >= 11 is 0. The van der Waals surface area contributed by atoms with Gasteiger partial charge in [-0.2, -0.15) is 4.31 Å². The van der Waals surface area contributed by atoms with Gasteiger partial charge in [-0.25, -0.2) is 8.42 Å². The highest BCUT2D eigenvalue weighted by Gasteiger charge is 2.36. The molecular weight excluding hydrogens is 400 g/mol. The van der Waals surface area contributed by atoms with Crippen LogP contribution >= 0.6 is 0 Å². The van der Waals surface area contributed by atoms with E-state index in [0.717, 1.165) is 44.4 Å². The van der Waals surface area contributed by atoms with Crippen molar-refractivity contribution in [3.63, 3.8) is 0 Å². The van der Waals surface area contributed by atoms with Crippen LogP contribution in [0.4, 0.5) is 0 Å². The molecule has 1 aliphatic carbocycles. The van der Waals surface area contributed by atoms with Crippen molar-refractivity contribution in [1.82, 2.24) is 14.9 Å². The number of sulfonamides is 1. The monoisotopic (exact) mass is 436 g/mol. The fourth-order valence-corrected chi connectivity index (χ4v) is 6.07. The Bertz CT molecular complexity index is 815. The lowest BCUT2D eigenvalue weighted by Gasteiger charge is -2.42. The third-order valence-corrected chi connectivity index (χ3v) is 8.46. The number of benzene rings is 1. The van der Waals surface area contributed by atoms with Crippen LogP contribution in [0.5, 0.6) is 0 Å². The van der Waals surface area contributed by atoms with Gasteiger partial charge in [0.1, 0.15) is 0 Å². The van der Waals surface area contributed by atoms with Crippen molar-refractivity contribution in [3.8, 4) is 0 Å². The molecule has 1 aromatic rings. The predicted octanol–water partition coefficient (Wildman–Crippen LogP) is 2.73. The zero-order valence-electron chi connectivity index (χ0n) is 18.3. The molecule has 3 rings (SSSR count). The van der Waals surface area contributed by atoms with Crippen molar-refractivity contribution in [2.24, 2.45) is 10.4 Å². The zero-order chi connectivity index (χ0) is 21.5. The standard InChI is InChI=1S/C22H36N4O3S/c1-23-21(25-18-22(11-8-12-22)13-16-29-2)24-17-19-9-4-5-10-20(19)30(27,28)26-14-6-3-7-15-26/h4-5,9-10H,3,6-8,11-18H2,1-2H3,(H2,23,24,25). The number of nitrogens with zero attached hydrogens (tertiary/aromatic N) is 2. The molecule has 0 unspecified atom stereocenters. The molecule has 0 spiro atoms. The van der Waals surface area contributed by atoms with Crippen molar-refractivity contribution in [3.05, 3.63) is 29.8 Å². The molecule has 1 saturated carbocycles. The summed E-state index contributed by atoms with van der Waals surface area (Å²) in [4.78, 5) is 4.72. The van der Waals surface area contributed by atoms with Gasteiger partial charge in [0.05, 0.1) is 4.90 Å². The summed E-state index contributed by atoms with van der Waals surface area (Å²) in [5, 5.41) is 6.74. The van der Waals surface area contributed by atoms with Crippen LogP contribution in [0.3, 0.4) is 0 Å². The quantitative estimate of drug-likeness (QED) is 0.459. The summed E-state index contributed by atoms with van der Waals surface area (Å²) < 4.78 is 33.2. The van der Waals surface area contributed by atoms with E-state index in [1.54, 1.807) is 30.6 Å². The van der Waals surface area contributed by atoms with Gasteiger partial charge in [0, 0.05) is 46.9 Å². The largest absolute Gasteiger partial charge is 0.385 e. The highest BCUT2D eigenvalue weighted by Crippen LogP contribution is 2.43. The van der Waals surface area contributed by atoms with E-state index in [2.05, 4.69) is 15.6 Å². The topological polar surface area (TPSA) is 83.0 Å². The molecule has 2 fully saturated rings. The van der Waals surface area contributed by atoms with Gasteiger partial charge in [0.15, 0.2) is 5.96 Å². The lowest BCUT2D eigenvalue weighted by molar-refractivity contribution is 0.0732. The van der Waals surface area contributed by atoms with Gasteiger partial charge >= 0.3 is 0 Å². The maximum absolute atomic E-state index is 13.2. The third-order valence-electron chi connectivity index (χ3n) is 6.46. The molecule has 0 bridgehead atoms. The van der Waals surface area contributed by atoms with E-state index in [1.807, 2.05) is 12.1 Å². The molecule has 2 aliphatic rings. The molecule has 2 N–H and O–H groups in total. The maximum atomic E-state index is 13.2. The smallest absolute Gasteiger partial charge is 0.243 e. The molecule has 7 nitrogen and oxygen atoms in total. The SMILES string of the molecule is CN=C(NCc1ccccc1S(=O)(=O)N1CCCCC1)NCC1(CCOC)CCC1. The normalized spacial score (nSPS) is 19.9. The highest BCUT2D eigenvalue weighted by atomic mass is 32.2. The summed E-state index contributed by atoms with van der Waals surface area (Å²) in [5.41, 5.74) is 1.05. The van der Waals surface area contributed by atoms with E-state index < -0.39 is 10.0 Å². The van der Waals surface area contributed by atoms with Gasteiger partial charge in [-0.3, -0.25) is 4.99 Å². The van der Waals surface area contributed by atoms with Crippen LogP contribution in [0.2, 0.25) is 0 Å². The van der Waals surface area contributed by atoms with Gasteiger partial charge in [0.2, 0.25) is 10.0 Å². The molecular formula is C22H36N4O3S. The van der Waals surface area contributed by atoms with E-state index in [4.69, 9.17) is 4.74 Å². The Morgan fingerprint density at radius 2 is 1.87 bits per heavy atom. The minimum absolute atomic E-state index is 0.281. The van der Waals surface area contributed by atoms with E-state index in [0.29, 0.717) is 30.5 Å². The van der Waals surface area contributed by atoms with Gasteiger partial charge in [-0.05, 0) is 49.1 Å². The molecule has 8 heteroatoms. The Balaban J connectivity index is 1.62. The van der Waals surface area contributed by atoms with Crippen LogP contribution < -0.4 is 10.6 Å². The molecule has 0 aromatic heterocycles. The molecule has 0 atom stereocenters. The number of piperidine rings is 1. The second kappa shape index (κ2) is 10.6. The second-order valence-electron chi connectivity index (χ2n) is 8.45. The number of hydrogen-bond donors (Lipinski definition) is 2. The first-order valence-electron chi connectivity index (χ1n) is 11.0. The highest BCUT2D eigenvalue weighted by molar-refractivity contribution is 7.89. The number of ether oxygens (including phenoxy) is 1. The van der Waals surface area contributed by atoms with Gasteiger partial charge in [0.25, 0.3) is 0 Å². The Hall–Kier alpha value is -1.64. The molecule has 0 amide bonds. The van der Waals surface area contributed by atoms with Gasteiger partial charge in [-0.15, -0.1) is 0 Å². The average molecular weight is 437 g/mol. The van der Waals surface area contributed by atoms with Gasteiger partial charge in [-0.1, -0.05) is 31.0 Å². The number of aliphatic imine (C=N–C) groups is 1. The number of hydrogen-bond acceptors (Lipinski definition) is 4. The molecule has 0 radical (unpaired) electrons. The minimum atomic E-state index is -3.47. The molecule has 1 saturated heterocycles. The van der Waals surface area contributed by atoms with Crippen LogP contribution in [0, 0.1) is 5.41 Å². The number of methoxy groups -OCH3 is 1. The number of guanidine groups is 1. The molecule has 168 valence electrons. The summed E-state index contributed by atoms with van der Waals surface area (Å²) in [6, 6.07) is 7.27. The third kappa shape index (κ3) is 5.53. The second-order valence-corrected chi connectivity index (χ2v) is 10.4. The fraction of sp³-hybridized carbons (Fsp3) is 0.682. The minimum Gasteiger partial charge on any atom is -0.385 e. The summed E-state index contributed by atoms with van der Waals surface area (Å²) in [6.07, 6.45) is 7.68. The Kier molecular flexibility index (Phi) is 8.13. The van der Waals surface area contributed by atoms with Crippen molar-refractivity contribution in [2.45, 2.75) is 56.4 Å². The molecule has 1 heterocycles. The van der Waals surface area contributed by atoms with Crippen LogP contribution in [-0.4, -0.2) is 59.1 Å². The van der Waals surface area contributed by atoms with E-state index in [-0.39, 0.29) is 5.41 Å². The summed E-state index contributed by atoms with van der Waals surface area (Å²) in [5.74, 6) is 0.698. The van der Waals surface area contributed by atoms with Gasteiger partial charge < -0.3 is 15.4 Å². The lowest BCUT2D eigenvalue weighted by atomic mass is 9.67. The first-order valence-corrected chi connectivity index (χ1v) is 12.5. The van der Waals surface area contributed by atoms with E-state index in [1.165, 1.54) is 19.3 Å². The van der Waals surface area contributed by atoms with Crippen molar-refractivity contribution in [2.75, 3.05) is 40.4 Å². The first kappa shape index (κ1) is 23.0. The molecule has 1 aliphatic heterocycles. The fourth-order valence-electron chi connectivity index (χ4n) is 4.33. The van der Waals surface area contributed by atoms with E-state index in [9.17, 15) is 8.42 Å². The Labute approximate surface area is 181 Å². The Morgan fingerprint density at radius 1 is 1.13 bits per heavy atom. The van der Waals surface area contributed by atoms with Crippen LogP contribution in [0.25, 0.3) is 0 Å². The van der Waals surface area contributed by atoms with Crippen LogP contribution in [0.1, 0.15) is 50.5 Å². The number of rotatable bonds is 9.